The second-order valence-corrected chi connectivity index (χ2v) is 5.41. The molecule has 2 aromatic rings. The zero-order valence-corrected chi connectivity index (χ0v) is 11.2. The Hall–Kier alpha value is -1.73. The number of fused-ring (bicyclic) bond motifs is 1. The molecular formula is C12H15N5OS. The lowest BCUT2D eigenvalue weighted by Crippen LogP contribution is -2.48. The van der Waals surface area contributed by atoms with Crippen molar-refractivity contribution in [1.82, 2.24) is 25.6 Å². The van der Waals surface area contributed by atoms with Gasteiger partial charge in [-0.2, -0.15) is 0 Å². The largest absolute Gasteiger partial charge is 0.354 e. The molecule has 1 unspecified atom stereocenters. The van der Waals surface area contributed by atoms with E-state index in [2.05, 4.69) is 25.6 Å². The summed E-state index contributed by atoms with van der Waals surface area (Å²) in [6, 6.07) is -0.188. The lowest BCUT2D eigenvalue weighted by atomic mass is 10.0. The summed E-state index contributed by atoms with van der Waals surface area (Å²) in [6.45, 7) is 1.29. The van der Waals surface area contributed by atoms with E-state index in [-0.39, 0.29) is 11.9 Å². The van der Waals surface area contributed by atoms with Gasteiger partial charge in [0.05, 0.1) is 28.8 Å². The van der Waals surface area contributed by atoms with Gasteiger partial charge in [-0.05, 0) is 0 Å². The first-order valence-electron chi connectivity index (χ1n) is 6.23. The number of imidazole rings is 1. The highest BCUT2D eigenvalue weighted by Gasteiger charge is 2.25. The molecular weight excluding hydrogens is 262 g/mol. The van der Waals surface area contributed by atoms with Crippen molar-refractivity contribution in [3.63, 3.8) is 0 Å². The van der Waals surface area contributed by atoms with Crippen LogP contribution >= 0.6 is 11.3 Å². The molecule has 0 aromatic carbocycles. The van der Waals surface area contributed by atoms with Crippen molar-refractivity contribution >= 4 is 17.2 Å². The Kier molecular flexibility index (Phi) is 3.56. The van der Waals surface area contributed by atoms with Crippen LogP contribution in [0.25, 0.3) is 0 Å². The maximum atomic E-state index is 12.0. The van der Waals surface area contributed by atoms with E-state index < -0.39 is 0 Å². The minimum atomic E-state index is -0.188. The van der Waals surface area contributed by atoms with Crippen LogP contribution in [0.5, 0.6) is 0 Å². The molecule has 3 rings (SSSR count). The van der Waals surface area contributed by atoms with Crippen LogP contribution in [-0.4, -0.2) is 33.4 Å². The number of amides is 1. The number of thiazole rings is 1. The average Bonchev–Trinajstić information content (AvgIpc) is 3.08. The predicted octanol–water partition coefficient (Wildman–Crippen LogP) is 0.239. The van der Waals surface area contributed by atoms with Gasteiger partial charge in [0, 0.05) is 37.5 Å². The first kappa shape index (κ1) is 12.3. The Labute approximate surface area is 114 Å². The zero-order chi connectivity index (χ0) is 13.1. The van der Waals surface area contributed by atoms with Gasteiger partial charge in [0.2, 0.25) is 5.91 Å². The van der Waals surface area contributed by atoms with E-state index >= 15 is 0 Å². The topological polar surface area (TPSA) is 82.7 Å². The fourth-order valence-corrected chi connectivity index (χ4v) is 2.77. The van der Waals surface area contributed by atoms with Crippen molar-refractivity contribution in [2.24, 2.45) is 0 Å². The summed E-state index contributed by atoms with van der Waals surface area (Å²) < 4.78 is 0. The summed E-state index contributed by atoms with van der Waals surface area (Å²) in [6.07, 6.45) is 4.88. The molecule has 1 aliphatic rings. The lowest BCUT2D eigenvalue weighted by molar-refractivity contribution is -0.123. The van der Waals surface area contributed by atoms with Crippen LogP contribution in [0.3, 0.4) is 0 Å². The Morgan fingerprint density at radius 3 is 3.32 bits per heavy atom. The number of aromatic amines is 1. The Morgan fingerprint density at radius 2 is 2.47 bits per heavy atom. The molecule has 1 amide bonds. The molecule has 100 valence electrons. The molecule has 0 saturated carbocycles. The summed E-state index contributed by atoms with van der Waals surface area (Å²) in [5.41, 5.74) is 2.06. The summed E-state index contributed by atoms with van der Waals surface area (Å²) in [5.74, 6) is 0.0326. The molecule has 0 fully saturated rings. The van der Waals surface area contributed by atoms with Gasteiger partial charge in [-0.25, -0.2) is 9.97 Å². The first-order chi connectivity index (χ1) is 9.33. The molecule has 1 aliphatic heterocycles. The molecule has 6 nitrogen and oxygen atoms in total. The fourth-order valence-electron chi connectivity index (χ4n) is 2.15. The third-order valence-electron chi connectivity index (χ3n) is 3.17. The van der Waals surface area contributed by atoms with E-state index in [1.807, 2.05) is 5.38 Å². The van der Waals surface area contributed by atoms with Crippen molar-refractivity contribution < 1.29 is 4.79 Å². The molecule has 3 N–H and O–H groups in total. The number of nitrogens with one attached hydrogen (secondary N) is 3. The second kappa shape index (κ2) is 5.50. The smallest absolute Gasteiger partial charge is 0.237 e. The van der Waals surface area contributed by atoms with E-state index in [0.717, 1.165) is 22.8 Å². The lowest BCUT2D eigenvalue weighted by Gasteiger charge is -2.22. The number of H-pyrrole nitrogens is 1. The quantitative estimate of drug-likeness (QED) is 0.747. The maximum absolute atomic E-state index is 12.0. The minimum Gasteiger partial charge on any atom is -0.354 e. The van der Waals surface area contributed by atoms with Crippen molar-refractivity contribution in [2.75, 3.05) is 6.54 Å². The number of aromatic nitrogens is 3. The maximum Gasteiger partial charge on any atom is 0.237 e. The van der Waals surface area contributed by atoms with Gasteiger partial charge >= 0.3 is 0 Å². The number of carbonyl (C=O) groups is 1. The zero-order valence-electron chi connectivity index (χ0n) is 10.3. The molecule has 0 aliphatic carbocycles. The first-order valence-corrected chi connectivity index (χ1v) is 7.11. The van der Waals surface area contributed by atoms with E-state index in [4.69, 9.17) is 0 Å². The Balaban J connectivity index is 1.49. The van der Waals surface area contributed by atoms with Crippen LogP contribution < -0.4 is 10.6 Å². The molecule has 2 aromatic heterocycles. The highest BCUT2D eigenvalue weighted by Crippen LogP contribution is 2.12. The van der Waals surface area contributed by atoms with E-state index in [0.29, 0.717) is 19.5 Å². The van der Waals surface area contributed by atoms with Gasteiger partial charge in [-0.15, -0.1) is 11.3 Å². The van der Waals surface area contributed by atoms with Crippen molar-refractivity contribution in [3.05, 3.63) is 34.3 Å². The summed E-state index contributed by atoms with van der Waals surface area (Å²) in [4.78, 5) is 23.5. The van der Waals surface area contributed by atoms with E-state index in [1.165, 1.54) is 0 Å². The SMILES string of the molecule is O=C(NCCc1nccs1)C1Cc2nc[nH]c2CN1. The molecule has 1 atom stereocenters. The number of carbonyl (C=O) groups excluding carboxylic acids is 1. The molecule has 7 heteroatoms. The van der Waals surface area contributed by atoms with Gasteiger partial charge in [0.15, 0.2) is 0 Å². The summed E-state index contributed by atoms with van der Waals surface area (Å²) in [5, 5.41) is 9.14. The number of rotatable bonds is 4. The minimum absolute atomic E-state index is 0.0326. The average molecular weight is 277 g/mol. The summed E-state index contributed by atoms with van der Waals surface area (Å²) >= 11 is 1.61. The highest BCUT2D eigenvalue weighted by molar-refractivity contribution is 7.09. The molecule has 0 radical (unpaired) electrons. The molecule has 3 heterocycles. The van der Waals surface area contributed by atoms with Gasteiger partial charge < -0.3 is 10.3 Å². The molecule has 0 saturated heterocycles. The van der Waals surface area contributed by atoms with Crippen LogP contribution in [0.4, 0.5) is 0 Å². The number of hydrogen-bond acceptors (Lipinski definition) is 5. The predicted molar refractivity (Wildman–Crippen MR) is 71.7 cm³/mol. The van der Waals surface area contributed by atoms with Crippen LogP contribution in [0.1, 0.15) is 16.4 Å². The van der Waals surface area contributed by atoms with Crippen molar-refractivity contribution in [2.45, 2.75) is 25.4 Å². The van der Waals surface area contributed by atoms with Crippen molar-refractivity contribution in [3.8, 4) is 0 Å². The van der Waals surface area contributed by atoms with Gasteiger partial charge in [-0.3, -0.25) is 10.1 Å². The van der Waals surface area contributed by atoms with Gasteiger partial charge in [-0.1, -0.05) is 0 Å². The fraction of sp³-hybridized carbons (Fsp3) is 0.417. The number of hydrogen-bond donors (Lipinski definition) is 3. The third kappa shape index (κ3) is 2.82. The van der Waals surface area contributed by atoms with Crippen LogP contribution in [-0.2, 0) is 24.2 Å². The van der Waals surface area contributed by atoms with E-state index in [1.54, 1.807) is 23.9 Å². The third-order valence-corrected chi connectivity index (χ3v) is 4.01. The molecule has 0 bridgehead atoms. The standard InChI is InChI=1S/C12H15N5OS/c18-12(14-2-1-11-13-3-4-19-11)9-5-8-10(6-15-9)17-7-16-8/h3-4,7,9,15H,1-2,5-6H2,(H,14,18)(H,16,17). The van der Waals surface area contributed by atoms with Crippen molar-refractivity contribution in [1.29, 1.82) is 0 Å². The molecule has 0 spiro atoms. The van der Waals surface area contributed by atoms with Crippen LogP contribution in [0.15, 0.2) is 17.9 Å². The second-order valence-electron chi connectivity index (χ2n) is 4.43. The van der Waals surface area contributed by atoms with E-state index in [9.17, 15) is 4.79 Å². The number of nitrogens with zero attached hydrogens (tertiary/aromatic N) is 2. The van der Waals surface area contributed by atoms with Gasteiger partial charge in [0.25, 0.3) is 0 Å². The van der Waals surface area contributed by atoms with Gasteiger partial charge in [0.1, 0.15) is 0 Å². The highest BCUT2D eigenvalue weighted by atomic mass is 32.1. The molecule has 19 heavy (non-hydrogen) atoms. The normalized spacial score (nSPS) is 18.0. The Morgan fingerprint density at radius 1 is 1.53 bits per heavy atom. The van der Waals surface area contributed by atoms with Crippen LogP contribution in [0, 0.1) is 0 Å². The Bertz CT molecular complexity index is 550. The summed E-state index contributed by atoms with van der Waals surface area (Å²) in [7, 11) is 0. The monoisotopic (exact) mass is 277 g/mol. The van der Waals surface area contributed by atoms with Crippen LogP contribution in [0.2, 0.25) is 0 Å².